The van der Waals surface area contributed by atoms with Crippen LogP contribution in [0.2, 0.25) is 0 Å². The molecule has 1 fully saturated rings. The lowest BCUT2D eigenvalue weighted by molar-refractivity contribution is -0.134. The Balaban J connectivity index is 1.42. The molecule has 0 aliphatic carbocycles. The first-order chi connectivity index (χ1) is 14.0. The van der Waals surface area contributed by atoms with E-state index in [4.69, 9.17) is 4.74 Å². The van der Waals surface area contributed by atoms with Gasteiger partial charge in [-0.15, -0.1) is 0 Å². The van der Waals surface area contributed by atoms with E-state index in [0.29, 0.717) is 12.2 Å². The Bertz CT molecular complexity index is 886. The summed E-state index contributed by atoms with van der Waals surface area (Å²) >= 11 is 0. The first-order valence-electron chi connectivity index (χ1n) is 10.2. The Hall–Kier alpha value is -2.86. The second-order valence-electron chi connectivity index (χ2n) is 7.85. The first-order valence-corrected chi connectivity index (χ1v) is 10.2. The average molecular weight is 393 g/mol. The number of aryl methyl sites for hydroxylation is 1. The minimum atomic E-state index is -0.608. The summed E-state index contributed by atoms with van der Waals surface area (Å²) in [5.41, 5.74) is 3.65. The van der Waals surface area contributed by atoms with Crippen LogP contribution >= 0.6 is 0 Å². The third-order valence-corrected chi connectivity index (χ3v) is 5.46. The van der Waals surface area contributed by atoms with Gasteiger partial charge in [0, 0.05) is 36.7 Å². The van der Waals surface area contributed by atoms with E-state index < -0.39 is 11.8 Å². The molecular weight excluding hydrogens is 366 g/mol. The molecule has 2 aliphatic rings. The van der Waals surface area contributed by atoms with Gasteiger partial charge < -0.3 is 19.9 Å². The fraction of sp³-hybridized carbons (Fsp3) is 0.391. The van der Waals surface area contributed by atoms with Crippen molar-refractivity contribution in [3.05, 3.63) is 54.1 Å². The van der Waals surface area contributed by atoms with Crippen molar-refractivity contribution < 1.29 is 14.3 Å². The van der Waals surface area contributed by atoms with E-state index in [1.807, 2.05) is 48.5 Å². The Morgan fingerprint density at radius 1 is 1.00 bits per heavy atom. The van der Waals surface area contributed by atoms with Crippen molar-refractivity contribution in [2.75, 3.05) is 34.8 Å². The quantitative estimate of drug-likeness (QED) is 0.796. The minimum Gasteiger partial charge on any atom is -0.372 e. The monoisotopic (exact) mass is 393 g/mol. The van der Waals surface area contributed by atoms with Crippen LogP contribution in [0.25, 0.3) is 0 Å². The highest BCUT2D eigenvalue weighted by Gasteiger charge is 2.27. The normalized spacial score (nSPS) is 21.4. The molecule has 0 saturated carbocycles. The predicted molar refractivity (Wildman–Crippen MR) is 114 cm³/mol. The lowest BCUT2D eigenvalue weighted by Crippen LogP contribution is -2.45. The van der Waals surface area contributed by atoms with Gasteiger partial charge in [-0.1, -0.05) is 18.2 Å². The fourth-order valence-corrected chi connectivity index (χ4v) is 4.20. The van der Waals surface area contributed by atoms with Crippen LogP contribution < -0.4 is 15.1 Å². The number of nitrogens with zero attached hydrogens (tertiary/aromatic N) is 2. The summed E-state index contributed by atoms with van der Waals surface area (Å²) in [5, 5.41) is 2.74. The second-order valence-corrected chi connectivity index (χ2v) is 7.85. The smallest absolute Gasteiger partial charge is 0.316 e. The van der Waals surface area contributed by atoms with E-state index in [1.165, 1.54) is 0 Å². The molecule has 6 nitrogen and oxygen atoms in total. The van der Waals surface area contributed by atoms with Gasteiger partial charge in [0.25, 0.3) is 0 Å². The molecule has 0 unspecified atom stereocenters. The molecule has 2 aromatic rings. The van der Waals surface area contributed by atoms with Crippen LogP contribution in [0.5, 0.6) is 0 Å². The average Bonchev–Trinajstić information content (AvgIpc) is 2.72. The molecule has 0 radical (unpaired) electrons. The largest absolute Gasteiger partial charge is 0.372 e. The Labute approximate surface area is 171 Å². The molecule has 0 aromatic heterocycles. The molecule has 2 aromatic carbocycles. The van der Waals surface area contributed by atoms with Crippen LogP contribution in [-0.4, -0.2) is 43.7 Å². The molecule has 2 atom stereocenters. The van der Waals surface area contributed by atoms with Crippen LogP contribution in [0, 0.1) is 0 Å². The number of hydrogen-bond donors (Lipinski definition) is 1. The van der Waals surface area contributed by atoms with Gasteiger partial charge in [-0.2, -0.15) is 0 Å². The third kappa shape index (κ3) is 4.27. The number of amides is 2. The maximum Gasteiger partial charge on any atom is 0.316 e. The number of para-hydroxylation sites is 1. The summed E-state index contributed by atoms with van der Waals surface area (Å²) in [4.78, 5) is 29.2. The molecule has 0 bridgehead atoms. The zero-order chi connectivity index (χ0) is 20.4. The maximum atomic E-state index is 12.7. The predicted octanol–water partition coefficient (Wildman–Crippen LogP) is 3.22. The van der Waals surface area contributed by atoms with Crippen molar-refractivity contribution in [1.82, 2.24) is 0 Å². The van der Waals surface area contributed by atoms with Crippen LogP contribution in [0.1, 0.15) is 25.8 Å². The minimum absolute atomic E-state index is 0.183. The fourth-order valence-electron chi connectivity index (χ4n) is 4.20. The Morgan fingerprint density at radius 2 is 1.69 bits per heavy atom. The number of hydrogen-bond acceptors (Lipinski definition) is 4. The summed E-state index contributed by atoms with van der Waals surface area (Å²) in [6.45, 7) is 6.38. The molecule has 152 valence electrons. The zero-order valence-electron chi connectivity index (χ0n) is 16.9. The number of rotatable bonds is 2. The molecule has 0 spiro atoms. The molecule has 1 N–H and O–H groups in total. The first kappa shape index (κ1) is 19.5. The summed E-state index contributed by atoms with van der Waals surface area (Å²) in [5.74, 6) is -1.12. The highest BCUT2D eigenvalue weighted by molar-refractivity contribution is 6.44. The zero-order valence-corrected chi connectivity index (χ0v) is 16.9. The summed E-state index contributed by atoms with van der Waals surface area (Å²) in [7, 11) is 0. The number of nitrogens with one attached hydrogen (secondary N) is 1. The Morgan fingerprint density at radius 3 is 2.41 bits per heavy atom. The van der Waals surface area contributed by atoms with Crippen LogP contribution in [0.4, 0.5) is 17.1 Å². The van der Waals surface area contributed by atoms with Crippen molar-refractivity contribution in [2.24, 2.45) is 0 Å². The molecular formula is C23H27N3O3. The van der Waals surface area contributed by atoms with Crippen molar-refractivity contribution in [3.63, 3.8) is 0 Å². The van der Waals surface area contributed by atoms with Gasteiger partial charge in [0.05, 0.1) is 12.2 Å². The van der Waals surface area contributed by atoms with Gasteiger partial charge in [0.2, 0.25) is 0 Å². The Kier molecular flexibility index (Phi) is 5.53. The number of benzene rings is 2. The highest BCUT2D eigenvalue weighted by atomic mass is 16.5. The lowest BCUT2D eigenvalue weighted by atomic mass is 10.0. The number of morpholine rings is 1. The lowest BCUT2D eigenvalue weighted by Gasteiger charge is -2.36. The van der Waals surface area contributed by atoms with E-state index in [0.717, 1.165) is 42.9 Å². The van der Waals surface area contributed by atoms with Gasteiger partial charge in [0.15, 0.2) is 0 Å². The number of ether oxygens (including phenoxy) is 1. The number of carbonyl (C=O) groups excluding carboxylic acids is 2. The molecule has 2 aliphatic heterocycles. The summed E-state index contributed by atoms with van der Waals surface area (Å²) in [6.07, 6.45) is 2.16. The van der Waals surface area contributed by atoms with Gasteiger partial charge in [-0.3, -0.25) is 9.59 Å². The molecule has 1 saturated heterocycles. The maximum absolute atomic E-state index is 12.7. The number of anilines is 3. The van der Waals surface area contributed by atoms with Crippen molar-refractivity contribution >= 4 is 28.9 Å². The molecule has 6 heteroatoms. The highest BCUT2D eigenvalue weighted by Crippen LogP contribution is 2.27. The second kappa shape index (κ2) is 8.25. The molecule has 2 heterocycles. The van der Waals surface area contributed by atoms with Crippen molar-refractivity contribution in [1.29, 1.82) is 0 Å². The van der Waals surface area contributed by atoms with Gasteiger partial charge in [-0.05, 0) is 62.6 Å². The van der Waals surface area contributed by atoms with Gasteiger partial charge in [-0.25, -0.2) is 0 Å². The number of carbonyl (C=O) groups is 2. The van der Waals surface area contributed by atoms with E-state index in [9.17, 15) is 9.59 Å². The van der Waals surface area contributed by atoms with Gasteiger partial charge in [0.1, 0.15) is 0 Å². The van der Waals surface area contributed by atoms with Crippen LogP contribution in [0.15, 0.2) is 48.5 Å². The topological polar surface area (TPSA) is 61.9 Å². The van der Waals surface area contributed by atoms with Crippen molar-refractivity contribution in [3.8, 4) is 0 Å². The van der Waals surface area contributed by atoms with Crippen LogP contribution in [-0.2, 0) is 20.7 Å². The molecule has 29 heavy (non-hydrogen) atoms. The van der Waals surface area contributed by atoms with E-state index >= 15 is 0 Å². The van der Waals surface area contributed by atoms with E-state index in [-0.39, 0.29) is 12.2 Å². The summed E-state index contributed by atoms with van der Waals surface area (Å²) in [6, 6.07) is 15.4. The molecule has 4 rings (SSSR count). The third-order valence-electron chi connectivity index (χ3n) is 5.46. The van der Waals surface area contributed by atoms with E-state index in [1.54, 1.807) is 4.90 Å². The summed E-state index contributed by atoms with van der Waals surface area (Å²) < 4.78 is 5.78. The van der Waals surface area contributed by atoms with Crippen LogP contribution in [0.3, 0.4) is 0 Å². The SMILES string of the molecule is C[C@H]1CN(c2ccc(NC(=O)C(=O)N3CCCc4ccccc43)cc2)C[C@H](C)O1. The van der Waals surface area contributed by atoms with Crippen molar-refractivity contribution in [2.45, 2.75) is 38.9 Å². The molecule has 2 amide bonds. The standard InChI is InChI=1S/C23H27N3O3/c1-16-14-25(15-17(2)29-16)20-11-9-19(10-12-20)24-22(27)23(28)26-13-5-7-18-6-3-4-8-21(18)26/h3-4,6,8-12,16-17H,5,7,13-15H2,1-2H3,(H,24,27)/t16-,17-/m0/s1. The van der Waals surface area contributed by atoms with Gasteiger partial charge >= 0.3 is 11.8 Å². The van der Waals surface area contributed by atoms with E-state index in [2.05, 4.69) is 24.1 Å². The number of fused-ring (bicyclic) bond motifs is 1.